The highest BCUT2D eigenvalue weighted by Crippen LogP contribution is 2.31. The molecule has 0 fully saturated rings. The average molecular weight is 281 g/mol. The quantitative estimate of drug-likeness (QED) is 0.785. The van der Waals surface area contributed by atoms with E-state index >= 15 is 0 Å². The van der Waals surface area contributed by atoms with Gasteiger partial charge >= 0.3 is 0 Å². The smallest absolute Gasteiger partial charge is 0.249 e. The van der Waals surface area contributed by atoms with E-state index in [-0.39, 0.29) is 5.56 Å². The van der Waals surface area contributed by atoms with Crippen LogP contribution in [0.15, 0.2) is 42.7 Å². The Morgan fingerprint density at radius 1 is 1.14 bits per heavy atom. The van der Waals surface area contributed by atoms with Gasteiger partial charge < -0.3 is 5.73 Å². The minimum atomic E-state index is -0.610. The monoisotopic (exact) mass is 281 g/mol. The number of hydrogen-bond acceptors (Lipinski definition) is 3. The second-order valence-corrected chi connectivity index (χ2v) is 4.68. The Bertz CT molecular complexity index is 861. The van der Waals surface area contributed by atoms with Crippen molar-refractivity contribution in [2.24, 2.45) is 5.73 Å². The van der Waals surface area contributed by atoms with Crippen LogP contribution in [-0.4, -0.2) is 15.9 Å². The Balaban J connectivity index is 2.36. The maximum absolute atomic E-state index is 14.8. The number of nitrogens with zero attached hydrogens (tertiary/aromatic N) is 2. The summed E-state index contributed by atoms with van der Waals surface area (Å²) in [6.45, 7) is 1.72. The van der Waals surface area contributed by atoms with Gasteiger partial charge in [0.1, 0.15) is 5.82 Å². The van der Waals surface area contributed by atoms with Gasteiger partial charge in [-0.05, 0) is 37.3 Å². The van der Waals surface area contributed by atoms with Crippen LogP contribution in [0.1, 0.15) is 16.1 Å². The maximum Gasteiger partial charge on any atom is 0.249 e. The van der Waals surface area contributed by atoms with E-state index in [4.69, 9.17) is 5.73 Å². The largest absolute Gasteiger partial charge is 0.366 e. The molecule has 21 heavy (non-hydrogen) atoms. The highest BCUT2D eigenvalue weighted by Gasteiger charge is 2.18. The number of pyridine rings is 2. The summed E-state index contributed by atoms with van der Waals surface area (Å²) in [6, 6.07) is 8.13. The van der Waals surface area contributed by atoms with Gasteiger partial charge in [-0.1, -0.05) is 0 Å². The Labute approximate surface area is 120 Å². The van der Waals surface area contributed by atoms with Crippen molar-refractivity contribution in [1.29, 1.82) is 0 Å². The normalized spacial score (nSPS) is 10.8. The summed E-state index contributed by atoms with van der Waals surface area (Å²) in [5.74, 6) is -1.04. The Kier molecular flexibility index (Phi) is 3.10. The van der Waals surface area contributed by atoms with E-state index in [2.05, 4.69) is 9.97 Å². The van der Waals surface area contributed by atoms with Crippen LogP contribution in [0.2, 0.25) is 0 Å². The van der Waals surface area contributed by atoms with E-state index in [0.717, 1.165) is 0 Å². The lowest BCUT2D eigenvalue weighted by atomic mass is 9.96. The second-order valence-electron chi connectivity index (χ2n) is 4.68. The van der Waals surface area contributed by atoms with Gasteiger partial charge in [-0.3, -0.25) is 14.8 Å². The van der Waals surface area contributed by atoms with Crippen molar-refractivity contribution in [3.63, 3.8) is 0 Å². The summed E-state index contributed by atoms with van der Waals surface area (Å²) in [5.41, 5.74) is 7.47. The third-order valence-corrected chi connectivity index (χ3v) is 3.39. The minimum Gasteiger partial charge on any atom is -0.366 e. The number of halogens is 1. The molecule has 1 aromatic carbocycles. The molecule has 0 saturated heterocycles. The molecule has 3 aromatic rings. The van der Waals surface area contributed by atoms with E-state index in [0.29, 0.717) is 27.7 Å². The number of hydrogen-bond donors (Lipinski definition) is 1. The predicted octanol–water partition coefficient (Wildman–Crippen LogP) is 2.84. The van der Waals surface area contributed by atoms with Gasteiger partial charge in [0.2, 0.25) is 5.91 Å². The molecule has 0 atom stereocenters. The van der Waals surface area contributed by atoms with Crippen molar-refractivity contribution in [2.75, 3.05) is 0 Å². The fourth-order valence-corrected chi connectivity index (χ4v) is 2.42. The first-order valence-corrected chi connectivity index (χ1v) is 6.38. The molecule has 2 aromatic heterocycles. The van der Waals surface area contributed by atoms with E-state index in [1.54, 1.807) is 37.4 Å². The standard InChI is InChI=1S/C16H12FN3O/c1-9-14(12(16(18)21)6-8-19-9)11-4-5-13-10(15(11)17)3-2-7-20-13/h2-8H,1H3,(H2,18,21). The van der Waals surface area contributed by atoms with Gasteiger partial charge in [-0.25, -0.2) is 4.39 Å². The average Bonchev–Trinajstić information content (AvgIpc) is 2.48. The first kappa shape index (κ1) is 13.2. The number of primary amides is 1. The fraction of sp³-hybridized carbons (Fsp3) is 0.0625. The zero-order valence-electron chi connectivity index (χ0n) is 11.3. The maximum atomic E-state index is 14.8. The number of carbonyl (C=O) groups excluding carboxylic acids is 1. The number of aromatic nitrogens is 2. The van der Waals surface area contributed by atoms with Crippen LogP contribution in [-0.2, 0) is 0 Å². The molecule has 2 N–H and O–H groups in total. The van der Waals surface area contributed by atoms with Gasteiger partial charge in [0.25, 0.3) is 0 Å². The summed E-state index contributed by atoms with van der Waals surface area (Å²) in [6.07, 6.45) is 3.09. The lowest BCUT2D eigenvalue weighted by Crippen LogP contribution is -2.14. The van der Waals surface area contributed by atoms with E-state index in [9.17, 15) is 9.18 Å². The third kappa shape index (κ3) is 2.12. The Hall–Kier alpha value is -2.82. The van der Waals surface area contributed by atoms with Gasteiger partial charge in [-0.2, -0.15) is 0 Å². The van der Waals surface area contributed by atoms with Crippen LogP contribution in [0.25, 0.3) is 22.0 Å². The summed E-state index contributed by atoms with van der Waals surface area (Å²) in [5, 5.41) is 0.397. The Morgan fingerprint density at radius 3 is 2.71 bits per heavy atom. The first-order chi connectivity index (χ1) is 10.1. The molecule has 3 rings (SSSR count). The summed E-state index contributed by atoms with van der Waals surface area (Å²) in [7, 11) is 0. The molecule has 2 heterocycles. The van der Waals surface area contributed by atoms with Crippen molar-refractivity contribution in [2.45, 2.75) is 6.92 Å². The fourth-order valence-electron chi connectivity index (χ4n) is 2.42. The highest BCUT2D eigenvalue weighted by molar-refractivity contribution is 6.01. The number of amides is 1. The van der Waals surface area contributed by atoms with Gasteiger partial charge in [-0.15, -0.1) is 0 Å². The Morgan fingerprint density at radius 2 is 1.95 bits per heavy atom. The van der Waals surface area contributed by atoms with Gasteiger partial charge in [0.15, 0.2) is 0 Å². The molecule has 0 saturated carbocycles. The van der Waals surface area contributed by atoms with Gasteiger partial charge in [0.05, 0.1) is 11.1 Å². The third-order valence-electron chi connectivity index (χ3n) is 3.39. The van der Waals surface area contributed by atoms with E-state index < -0.39 is 11.7 Å². The molecule has 5 heteroatoms. The molecular formula is C16H12FN3O. The van der Waals surface area contributed by atoms with Crippen LogP contribution in [0.4, 0.5) is 4.39 Å². The first-order valence-electron chi connectivity index (χ1n) is 6.38. The number of aryl methyl sites for hydroxylation is 1. The topological polar surface area (TPSA) is 68.9 Å². The van der Waals surface area contributed by atoms with Crippen molar-refractivity contribution < 1.29 is 9.18 Å². The minimum absolute atomic E-state index is 0.254. The molecule has 4 nitrogen and oxygen atoms in total. The van der Waals surface area contributed by atoms with E-state index in [1.165, 1.54) is 12.3 Å². The molecule has 104 valence electrons. The summed E-state index contributed by atoms with van der Waals surface area (Å²) >= 11 is 0. The number of benzene rings is 1. The number of rotatable bonds is 2. The molecule has 0 aliphatic carbocycles. The zero-order valence-corrected chi connectivity index (χ0v) is 11.3. The lowest BCUT2D eigenvalue weighted by molar-refractivity contribution is 0.100. The van der Waals surface area contributed by atoms with Crippen molar-refractivity contribution in [3.8, 4) is 11.1 Å². The van der Waals surface area contributed by atoms with Crippen molar-refractivity contribution >= 4 is 16.8 Å². The predicted molar refractivity (Wildman–Crippen MR) is 78.2 cm³/mol. The van der Waals surface area contributed by atoms with Crippen LogP contribution in [0.5, 0.6) is 0 Å². The molecule has 0 unspecified atom stereocenters. The lowest BCUT2D eigenvalue weighted by Gasteiger charge is -2.12. The van der Waals surface area contributed by atoms with Gasteiger partial charge in [0, 0.05) is 34.6 Å². The molecule has 0 aliphatic heterocycles. The summed E-state index contributed by atoms with van der Waals surface area (Å²) < 4.78 is 14.8. The number of fused-ring (bicyclic) bond motifs is 1. The van der Waals surface area contributed by atoms with Crippen molar-refractivity contribution in [1.82, 2.24) is 9.97 Å². The molecule has 0 spiro atoms. The molecule has 0 radical (unpaired) electrons. The zero-order chi connectivity index (χ0) is 15.0. The second kappa shape index (κ2) is 4.94. The molecule has 1 amide bonds. The molecular weight excluding hydrogens is 269 g/mol. The number of carbonyl (C=O) groups is 1. The van der Waals surface area contributed by atoms with Crippen LogP contribution in [0.3, 0.4) is 0 Å². The number of nitrogens with two attached hydrogens (primary N) is 1. The van der Waals surface area contributed by atoms with Crippen molar-refractivity contribution in [3.05, 3.63) is 59.8 Å². The van der Waals surface area contributed by atoms with Crippen LogP contribution in [0, 0.1) is 12.7 Å². The molecule has 0 bridgehead atoms. The van der Waals surface area contributed by atoms with Crippen LogP contribution < -0.4 is 5.73 Å². The van der Waals surface area contributed by atoms with Crippen LogP contribution >= 0.6 is 0 Å². The summed E-state index contributed by atoms with van der Waals surface area (Å²) in [4.78, 5) is 19.8. The highest BCUT2D eigenvalue weighted by atomic mass is 19.1. The molecule has 0 aliphatic rings. The van der Waals surface area contributed by atoms with E-state index in [1.807, 2.05) is 0 Å². The SMILES string of the molecule is Cc1nccc(C(N)=O)c1-c1ccc2ncccc2c1F.